The van der Waals surface area contributed by atoms with E-state index in [1.165, 1.54) is 19.0 Å². The van der Waals surface area contributed by atoms with Crippen LogP contribution in [0.4, 0.5) is 9.59 Å². The van der Waals surface area contributed by atoms with Gasteiger partial charge in [-0.25, -0.2) is 34.2 Å². The zero-order chi connectivity index (χ0) is 17.4. The number of aryl methyl sites for hydroxylation is 1. The highest BCUT2D eigenvalue weighted by Crippen LogP contribution is 2.05. The van der Waals surface area contributed by atoms with Gasteiger partial charge in [0, 0.05) is 28.2 Å². The molecule has 0 bridgehead atoms. The Morgan fingerprint density at radius 1 is 0.913 bits per heavy atom. The van der Waals surface area contributed by atoms with Gasteiger partial charge in [-0.2, -0.15) is 0 Å². The number of nitrogens with zero attached hydrogens (tertiary/aromatic N) is 3. The number of carbonyl (C=O) groups excluding carboxylic acids is 3. The average molecular weight is 323 g/mol. The first-order valence-electron chi connectivity index (χ1n) is 6.96. The Kier molecular flexibility index (Phi) is 6.85. The van der Waals surface area contributed by atoms with E-state index >= 15 is 0 Å². The highest BCUT2D eigenvalue weighted by molar-refractivity contribution is 5.77. The van der Waals surface area contributed by atoms with E-state index in [2.05, 4.69) is 9.78 Å². The molecule has 0 heterocycles. The van der Waals surface area contributed by atoms with Gasteiger partial charge in [0.05, 0.1) is 6.42 Å². The van der Waals surface area contributed by atoms with Crippen molar-refractivity contribution in [2.45, 2.75) is 12.8 Å². The highest BCUT2D eigenvalue weighted by atomic mass is 17.2. The van der Waals surface area contributed by atoms with Gasteiger partial charge in [-0.15, -0.1) is 0 Å². The van der Waals surface area contributed by atoms with Gasteiger partial charge in [-0.3, -0.25) is 0 Å². The second kappa shape index (κ2) is 8.62. The molecule has 1 aromatic carbocycles. The third kappa shape index (κ3) is 5.85. The van der Waals surface area contributed by atoms with Crippen molar-refractivity contribution in [1.29, 1.82) is 0 Å². The van der Waals surface area contributed by atoms with Crippen LogP contribution in [0.1, 0.15) is 12.0 Å². The van der Waals surface area contributed by atoms with E-state index in [0.717, 1.165) is 15.6 Å². The Balaban J connectivity index is 2.37. The molecular weight excluding hydrogens is 302 g/mol. The lowest BCUT2D eigenvalue weighted by atomic mass is 10.1. The van der Waals surface area contributed by atoms with Crippen molar-refractivity contribution >= 4 is 18.1 Å². The monoisotopic (exact) mass is 323 g/mol. The van der Waals surface area contributed by atoms with Crippen molar-refractivity contribution in [2.24, 2.45) is 0 Å². The predicted molar refractivity (Wildman–Crippen MR) is 81.9 cm³/mol. The fourth-order valence-electron chi connectivity index (χ4n) is 1.61. The number of rotatable bonds is 3. The van der Waals surface area contributed by atoms with Crippen LogP contribution in [0.5, 0.6) is 0 Å². The van der Waals surface area contributed by atoms with Crippen LogP contribution in [0.25, 0.3) is 0 Å². The van der Waals surface area contributed by atoms with Crippen LogP contribution in [0.2, 0.25) is 0 Å². The molecule has 0 spiro atoms. The maximum absolute atomic E-state index is 11.7. The third-order valence-electron chi connectivity index (χ3n) is 3.04. The first kappa shape index (κ1) is 18.3. The Hall–Kier alpha value is -2.77. The number of benzene rings is 1. The summed E-state index contributed by atoms with van der Waals surface area (Å²) in [7, 11) is 5.80. The Morgan fingerprint density at radius 3 is 2.09 bits per heavy atom. The van der Waals surface area contributed by atoms with Crippen molar-refractivity contribution in [3.63, 3.8) is 0 Å². The number of hydrazine groups is 1. The van der Waals surface area contributed by atoms with Crippen LogP contribution in [-0.2, 0) is 21.0 Å². The molecule has 0 radical (unpaired) electrons. The smallest absolute Gasteiger partial charge is 0.329 e. The van der Waals surface area contributed by atoms with Crippen molar-refractivity contribution in [2.75, 3.05) is 28.2 Å². The molecule has 0 aliphatic rings. The fraction of sp³-hybridized carbons (Fsp3) is 0.400. The quantitative estimate of drug-likeness (QED) is 0.624. The Morgan fingerprint density at radius 2 is 1.52 bits per heavy atom. The zero-order valence-electron chi connectivity index (χ0n) is 13.7. The first-order chi connectivity index (χ1) is 10.8. The van der Waals surface area contributed by atoms with Gasteiger partial charge in [0.2, 0.25) is 0 Å². The van der Waals surface area contributed by atoms with Gasteiger partial charge in [0.1, 0.15) is 0 Å². The molecule has 23 heavy (non-hydrogen) atoms. The average Bonchev–Trinajstić information content (AvgIpc) is 2.56. The summed E-state index contributed by atoms with van der Waals surface area (Å²) in [5.74, 6) is -0.669. The molecule has 0 aliphatic heterocycles. The largest absolute Gasteiger partial charge is 0.471 e. The molecular formula is C15H21N3O5. The van der Waals surface area contributed by atoms with Crippen LogP contribution >= 0.6 is 0 Å². The van der Waals surface area contributed by atoms with E-state index in [1.807, 2.05) is 30.3 Å². The standard InChI is InChI=1S/C15H21N3O5/c1-16(2)14(20)17(3)18(4)15(21)23-22-13(19)11-10-12-8-6-5-7-9-12/h5-9H,10-11H2,1-4H3. The minimum atomic E-state index is -0.976. The topological polar surface area (TPSA) is 79.4 Å². The normalized spacial score (nSPS) is 9.74. The Bertz CT molecular complexity index is 547. The fourth-order valence-corrected chi connectivity index (χ4v) is 1.61. The highest BCUT2D eigenvalue weighted by Gasteiger charge is 2.23. The molecule has 1 aromatic rings. The van der Waals surface area contributed by atoms with E-state index in [0.29, 0.717) is 6.42 Å². The van der Waals surface area contributed by atoms with E-state index < -0.39 is 18.1 Å². The van der Waals surface area contributed by atoms with Crippen LogP contribution in [-0.4, -0.2) is 61.2 Å². The molecule has 0 unspecified atom stereocenters. The van der Waals surface area contributed by atoms with Crippen LogP contribution in [0.3, 0.4) is 0 Å². The van der Waals surface area contributed by atoms with Gasteiger partial charge >= 0.3 is 18.1 Å². The predicted octanol–water partition coefficient (Wildman–Crippen LogP) is 1.67. The summed E-state index contributed by atoms with van der Waals surface area (Å²) in [5, 5.41) is 1.92. The van der Waals surface area contributed by atoms with Crippen molar-refractivity contribution < 1.29 is 24.2 Å². The van der Waals surface area contributed by atoms with Crippen molar-refractivity contribution in [1.82, 2.24) is 14.9 Å². The van der Waals surface area contributed by atoms with E-state index in [4.69, 9.17) is 0 Å². The minimum absolute atomic E-state index is 0.0769. The van der Waals surface area contributed by atoms with Crippen LogP contribution in [0.15, 0.2) is 30.3 Å². The molecule has 3 amide bonds. The molecule has 0 aromatic heterocycles. The second-order valence-electron chi connectivity index (χ2n) is 5.01. The summed E-state index contributed by atoms with van der Waals surface area (Å²) in [6.07, 6.45) is -0.421. The molecule has 0 saturated heterocycles. The van der Waals surface area contributed by atoms with Crippen LogP contribution < -0.4 is 0 Å². The Labute approximate surface area is 135 Å². The number of hydrogen-bond donors (Lipinski definition) is 0. The number of hydrogen-bond acceptors (Lipinski definition) is 5. The van der Waals surface area contributed by atoms with Gasteiger partial charge in [-0.05, 0) is 12.0 Å². The van der Waals surface area contributed by atoms with Gasteiger partial charge < -0.3 is 4.90 Å². The third-order valence-corrected chi connectivity index (χ3v) is 3.04. The number of carbonyl (C=O) groups is 3. The summed E-state index contributed by atoms with van der Waals surface area (Å²) >= 11 is 0. The minimum Gasteiger partial charge on any atom is -0.329 e. The molecule has 8 nitrogen and oxygen atoms in total. The molecule has 0 aliphatic carbocycles. The van der Waals surface area contributed by atoms with E-state index in [1.54, 1.807) is 14.1 Å². The molecule has 0 fully saturated rings. The molecule has 0 saturated carbocycles. The maximum atomic E-state index is 11.7. The van der Waals surface area contributed by atoms with Crippen LogP contribution in [0, 0.1) is 0 Å². The molecule has 8 heteroatoms. The van der Waals surface area contributed by atoms with Gasteiger partial charge in [0.15, 0.2) is 0 Å². The second-order valence-corrected chi connectivity index (χ2v) is 5.01. The molecule has 0 N–H and O–H groups in total. The van der Waals surface area contributed by atoms with Gasteiger partial charge in [-0.1, -0.05) is 30.3 Å². The summed E-state index contributed by atoms with van der Waals surface area (Å²) < 4.78 is 0. The summed E-state index contributed by atoms with van der Waals surface area (Å²) in [6, 6.07) is 8.95. The maximum Gasteiger partial charge on any atom is 0.471 e. The van der Waals surface area contributed by atoms with Crippen molar-refractivity contribution in [3.05, 3.63) is 35.9 Å². The molecule has 126 valence electrons. The summed E-state index contributed by atoms with van der Waals surface area (Å²) in [6.45, 7) is 0. The summed E-state index contributed by atoms with van der Waals surface area (Å²) in [5.41, 5.74) is 0.976. The number of amides is 3. The first-order valence-corrected chi connectivity index (χ1v) is 6.96. The number of urea groups is 1. The zero-order valence-corrected chi connectivity index (χ0v) is 13.7. The molecule has 0 atom stereocenters. The molecule has 1 rings (SSSR count). The van der Waals surface area contributed by atoms with E-state index in [9.17, 15) is 14.4 Å². The lowest BCUT2D eigenvalue weighted by Gasteiger charge is -2.28. The lowest BCUT2D eigenvalue weighted by Crippen LogP contribution is -2.49. The SMILES string of the molecule is CN(C)C(=O)N(C)N(C)C(=O)OOC(=O)CCc1ccccc1. The summed E-state index contributed by atoms with van der Waals surface area (Å²) in [4.78, 5) is 45.1. The lowest BCUT2D eigenvalue weighted by molar-refractivity contribution is -0.240. The van der Waals surface area contributed by atoms with Crippen molar-refractivity contribution in [3.8, 4) is 0 Å². The van der Waals surface area contributed by atoms with Gasteiger partial charge in [0.25, 0.3) is 0 Å². The van der Waals surface area contributed by atoms with E-state index in [-0.39, 0.29) is 6.42 Å².